The van der Waals surface area contributed by atoms with E-state index in [2.05, 4.69) is 15.3 Å². The molecule has 1 aliphatic heterocycles. The zero-order chi connectivity index (χ0) is 13.8. The first kappa shape index (κ1) is 13.2. The number of hydrogen-bond acceptors (Lipinski definition) is 6. The average Bonchev–Trinajstić information content (AvgIpc) is 2.84. The van der Waals surface area contributed by atoms with E-state index in [0.717, 1.165) is 0 Å². The lowest BCUT2D eigenvalue weighted by molar-refractivity contribution is -0.149. The van der Waals surface area contributed by atoms with E-state index in [1.807, 2.05) is 6.07 Å². The smallest absolute Gasteiger partial charge is 0.332 e. The third-order valence-corrected chi connectivity index (χ3v) is 2.84. The average molecular weight is 262 g/mol. The number of hydrogen-bond donors (Lipinski definition) is 2. The van der Waals surface area contributed by atoms with Crippen molar-refractivity contribution >= 4 is 11.9 Å². The first-order valence-corrected chi connectivity index (χ1v) is 5.96. The predicted octanol–water partition coefficient (Wildman–Crippen LogP) is 0.701. The van der Waals surface area contributed by atoms with Gasteiger partial charge in [0.1, 0.15) is 11.8 Å². The fourth-order valence-electron chi connectivity index (χ4n) is 1.95. The number of aromatic nitrogens is 2. The van der Waals surface area contributed by atoms with Crippen molar-refractivity contribution < 1.29 is 14.6 Å². The molecule has 19 heavy (non-hydrogen) atoms. The molecule has 7 heteroatoms. The molecule has 0 saturated carbocycles. The second kappa shape index (κ2) is 5.63. The number of carbonyl (C=O) groups is 1. The second-order valence-corrected chi connectivity index (χ2v) is 4.37. The van der Waals surface area contributed by atoms with Crippen LogP contribution < -0.4 is 5.32 Å². The van der Waals surface area contributed by atoms with Gasteiger partial charge in [-0.15, -0.1) is 0 Å². The number of ether oxygens (including phenoxy) is 1. The van der Waals surface area contributed by atoms with Crippen molar-refractivity contribution in [2.75, 3.05) is 11.9 Å². The molecule has 2 unspecified atom stereocenters. The monoisotopic (exact) mass is 262 g/mol. The van der Waals surface area contributed by atoms with E-state index in [1.165, 1.54) is 0 Å². The normalized spacial score (nSPS) is 21.9. The summed E-state index contributed by atoms with van der Waals surface area (Å²) in [4.78, 5) is 18.9. The molecular weight excluding hydrogens is 248 g/mol. The molecule has 0 aliphatic carbocycles. The summed E-state index contributed by atoms with van der Waals surface area (Å²) in [5.41, 5.74) is 0.996. The Kier molecular flexibility index (Phi) is 3.92. The minimum absolute atomic E-state index is 0.171. The van der Waals surface area contributed by atoms with E-state index in [9.17, 15) is 4.79 Å². The highest BCUT2D eigenvalue weighted by molar-refractivity contribution is 5.72. The molecule has 1 fully saturated rings. The minimum atomic E-state index is -0.930. The second-order valence-electron chi connectivity index (χ2n) is 4.37. The molecule has 2 N–H and O–H groups in total. The van der Waals surface area contributed by atoms with Crippen molar-refractivity contribution in [1.82, 2.24) is 9.97 Å². The highest BCUT2D eigenvalue weighted by Gasteiger charge is 2.30. The van der Waals surface area contributed by atoms with Crippen molar-refractivity contribution in [3.8, 4) is 6.07 Å². The number of aliphatic carboxylic acids is 1. The molecule has 1 aromatic rings. The van der Waals surface area contributed by atoms with Gasteiger partial charge in [0, 0.05) is 12.2 Å². The van der Waals surface area contributed by atoms with E-state index < -0.39 is 12.1 Å². The standard InChI is InChI=1S/C12H14N4O3/c1-7-4-8(5-13)16-12(15-7)14-6-9-2-3-10(19-9)11(17)18/h4,9-10H,2-3,6H2,1H3,(H,17,18)(H,14,15,16). The molecule has 0 spiro atoms. The summed E-state index contributed by atoms with van der Waals surface area (Å²) in [6, 6.07) is 3.55. The SMILES string of the molecule is Cc1cc(C#N)nc(NCC2CCC(C(=O)O)O2)n1. The highest BCUT2D eigenvalue weighted by atomic mass is 16.5. The van der Waals surface area contributed by atoms with Crippen molar-refractivity contribution in [3.05, 3.63) is 17.5 Å². The summed E-state index contributed by atoms with van der Waals surface area (Å²) in [5.74, 6) is -0.569. The summed E-state index contributed by atoms with van der Waals surface area (Å²) >= 11 is 0. The lowest BCUT2D eigenvalue weighted by Gasteiger charge is -2.12. The third-order valence-electron chi connectivity index (χ3n) is 2.84. The Labute approximate surface area is 110 Å². The Hall–Kier alpha value is -2.20. The molecule has 0 amide bonds. The summed E-state index contributed by atoms with van der Waals surface area (Å²) < 4.78 is 5.35. The van der Waals surface area contributed by atoms with Gasteiger partial charge >= 0.3 is 5.97 Å². The van der Waals surface area contributed by atoms with Crippen LogP contribution in [0.4, 0.5) is 5.95 Å². The number of nitrogens with zero attached hydrogens (tertiary/aromatic N) is 3. The van der Waals surface area contributed by atoms with Crippen LogP contribution in [0.25, 0.3) is 0 Å². The van der Waals surface area contributed by atoms with Crippen molar-refractivity contribution in [2.24, 2.45) is 0 Å². The number of carboxylic acid groups (broad SMARTS) is 1. The fraction of sp³-hybridized carbons (Fsp3) is 0.500. The van der Waals surface area contributed by atoms with Crippen LogP contribution in [-0.2, 0) is 9.53 Å². The summed E-state index contributed by atoms with van der Waals surface area (Å²) in [7, 11) is 0. The maximum absolute atomic E-state index is 10.7. The van der Waals surface area contributed by atoms with E-state index >= 15 is 0 Å². The van der Waals surface area contributed by atoms with Gasteiger partial charge in [-0.25, -0.2) is 14.8 Å². The predicted molar refractivity (Wildman–Crippen MR) is 65.5 cm³/mol. The van der Waals surface area contributed by atoms with E-state index in [4.69, 9.17) is 15.1 Å². The molecular formula is C12H14N4O3. The zero-order valence-electron chi connectivity index (χ0n) is 10.5. The topological polar surface area (TPSA) is 108 Å². The molecule has 1 aliphatic rings. The number of aryl methyl sites for hydroxylation is 1. The molecule has 1 saturated heterocycles. The Bertz CT molecular complexity index is 526. The number of nitriles is 1. The van der Waals surface area contributed by atoms with Gasteiger partial charge in [-0.2, -0.15) is 5.26 Å². The number of nitrogens with one attached hydrogen (secondary N) is 1. The third kappa shape index (κ3) is 3.39. The first-order chi connectivity index (χ1) is 9.08. The van der Waals surface area contributed by atoms with Crippen molar-refractivity contribution in [3.63, 3.8) is 0 Å². The fourth-order valence-corrected chi connectivity index (χ4v) is 1.95. The highest BCUT2D eigenvalue weighted by Crippen LogP contribution is 2.20. The van der Waals surface area contributed by atoms with Crippen LogP contribution in [0.1, 0.15) is 24.2 Å². The quantitative estimate of drug-likeness (QED) is 0.822. The molecule has 2 rings (SSSR count). The van der Waals surface area contributed by atoms with Crippen LogP contribution in [0.2, 0.25) is 0 Å². The molecule has 1 aromatic heterocycles. The van der Waals surface area contributed by atoms with Gasteiger partial charge in [-0.3, -0.25) is 0 Å². The zero-order valence-corrected chi connectivity index (χ0v) is 10.5. The van der Waals surface area contributed by atoms with Gasteiger partial charge in [-0.05, 0) is 25.8 Å². The molecule has 0 aromatic carbocycles. The molecule has 7 nitrogen and oxygen atoms in total. The van der Waals surface area contributed by atoms with Gasteiger partial charge in [0.15, 0.2) is 6.10 Å². The van der Waals surface area contributed by atoms with Gasteiger partial charge < -0.3 is 15.2 Å². The number of rotatable bonds is 4. The van der Waals surface area contributed by atoms with Crippen molar-refractivity contribution in [2.45, 2.75) is 32.0 Å². The van der Waals surface area contributed by atoms with E-state index in [1.54, 1.807) is 13.0 Å². The summed E-state index contributed by atoms with van der Waals surface area (Å²) in [5, 5.41) is 20.6. The van der Waals surface area contributed by atoms with E-state index in [0.29, 0.717) is 36.7 Å². The summed E-state index contributed by atoms with van der Waals surface area (Å²) in [6.45, 7) is 2.21. The molecule has 2 heterocycles. The Balaban J connectivity index is 1.91. The van der Waals surface area contributed by atoms with Crippen LogP contribution in [0, 0.1) is 18.3 Å². The lowest BCUT2D eigenvalue weighted by Crippen LogP contribution is -2.25. The maximum Gasteiger partial charge on any atom is 0.332 e. The largest absolute Gasteiger partial charge is 0.479 e. The minimum Gasteiger partial charge on any atom is -0.479 e. The van der Waals surface area contributed by atoms with Crippen LogP contribution >= 0.6 is 0 Å². The van der Waals surface area contributed by atoms with Gasteiger partial charge in [0.2, 0.25) is 5.95 Å². The van der Waals surface area contributed by atoms with Crippen LogP contribution in [0.15, 0.2) is 6.07 Å². The van der Waals surface area contributed by atoms with Crippen LogP contribution in [0.3, 0.4) is 0 Å². The van der Waals surface area contributed by atoms with Crippen molar-refractivity contribution in [1.29, 1.82) is 5.26 Å². The first-order valence-electron chi connectivity index (χ1n) is 5.96. The van der Waals surface area contributed by atoms with E-state index in [-0.39, 0.29) is 6.10 Å². The Morgan fingerprint density at radius 1 is 1.63 bits per heavy atom. The molecule has 0 radical (unpaired) electrons. The molecule has 0 bridgehead atoms. The lowest BCUT2D eigenvalue weighted by atomic mass is 10.2. The summed E-state index contributed by atoms with van der Waals surface area (Å²) in [6.07, 6.45) is 0.302. The van der Waals surface area contributed by atoms with Crippen LogP contribution in [0.5, 0.6) is 0 Å². The van der Waals surface area contributed by atoms with Gasteiger partial charge in [-0.1, -0.05) is 0 Å². The number of carboxylic acids is 1. The molecule has 100 valence electrons. The van der Waals surface area contributed by atoms with Crippen LogP contribution in [-0.4, -0.2) is 39.8 Å². The number of anilines is 1. The molecule has 2 atom stereocenters. The van der Waals surface area contributed by atoms with Gasteiger partial charge in [0.25, 0.3) is 0 Å². The Morgan fingerprint density at radius 2 is 2.42 bits per heavy atom. The Morgan fingerprint density at radius 3 is 3.05 bits per heavy atom. The van der Waals surface area contributed by atoms with Gasteiger partial charge in [0.05, 0.1) is 6.10 Å². The maximum atomic E-state index is 10.7.